The Balaban J connectivity index is 1.31. The summed E-state index contributed by atoms with van der Waals surface area (Å²) >= 11 is 1.78. The summed E-state index contributed by atoms with van der Waals surface area (Å²) in [4.78, 5) is 3.84. The zero-order valence-electron chi connectivity index (χ0n) is 21.3. The highest BCUT2D eigenvalue weighted by Gasteiger charge is 2.48. The first-order valence-electron chi connectivity index (χ1n) is 13.3. The first-order chi connectivity index (χ1) is 17.8. The highest BCUT2D eigenvalue weighted by atomic mass is 32.1. The van der Waals surface area contributed by atoms with Crippen LogP contribution in [0.5, 0.6) is 0 Å². The minimum Gasteiger partial charge on any atom is -0.505 e. The Morgan fingerprint density at radius 2 is 1.94 bits per heavy atom. The lowest BCUT2D eigenvalue weighted by molar-refractivity contribution is -0.200. The summed E-state index contributed by atoms with van der Waals surface area (Å²) in [5, 5.41) is 2.22. The molecule has 1 aliphatic carbocycles. The van der Waals surface area contributed by atoms with Crippen LogP contribution in [0.2, 0.25) is 0 Å². The molecule has 3 fully saturated rings. The van der Waals surface area contributed by atoms with Gasteiger partial charge in [-0.05, 0) is 54.3 Å². The van der Waals surface area contributed by atoms with Crippen LogP contribution >= 0.6 is 11.3 Å². The molecule has 0 radical (unpaired) electrons. The fourth-order valence-electron chi connectivity index (χ4n) is 5.77. The molecule has 3 aliphatic rings. The van der Waals surface area contributed by atoms with Crippen LogP contribution in [0.3, 0.4) is 0 Å². The molecule has 0 N–H and O–H groups in total. The molecule has 0 bridgehead atoms. The predicted molar refractivity (Wildman–Crippen MR) is 142 cm³/mol. The first-order valence-corrected chi connectivity index (χ1v) is 14.2. The van der Waals surface area contributed by atoms with Crippen molar-refractivity contribution in [1.82, 2.24) is 4.90 Å². The van der Waals surface area contributed by atoms with E-state index in [0.717, 1.165) is 58.6 Å². The summed E-state index contributed by atoms with van der Waals surface area (Å²) in [5.41, 5.74) is 2.48. The van der Waals surface area contributed by atoms with E-state index >= 15 is 0 Å². The molecule has 36 heavy (non-hydrogen) atoms. The Hall–Kier alpha value is -1.74. The molecule has 2 aromatic rings. The lowest BCUT2D eigenvalue weighted by Crippen LogP contribution is -2.51. The molecule has 1 unspecified atom stereocenters. The van der Waals surface area contributed by atoms with E-state index in [0.29, 0.717) is 12.5 Å². The SMILES string of the molecule is COC=CC[C@@H]1[C@@H](N2CCOCC2)[C@H](OC2CCCCO2)C[C@@H]1OCc1csc(-c2ccccc2)c1. The number of rotatable bonds is 10. The molecule has 0 spiro atoms. The highest BCUT2D eigenvalue weighted by Crippen LogP contribution is 2.39. The van der Waals surface area contributed by atoms with E-state index in [1.165, 1.54) is 22.4 Å². The normalized spacial score (nSPS) is 29.6. The van der Waals surface area contributed by atoms with Crippen LogP contribution in [0.1, 0.15) is 37.7 Å². The second-order valence-electron chi connectivity index (χ2n) is 9.89. The summed E-state index contributed by atoms with van der Waals surface area (Å²) < 4.78 is 30.2. The van der Waals surface area contributed by atoms with Crippen LogP contribution in [-0.2, 0) is 30.3 Å². The number of allylic oxidation sites excluding steroid dienone is 1. The third kappa shape index (κ3) is 6.57. The van der Waals surface area contributed by atoms with Crippen molar-refractivity contribution in [2.45, 2.75) is 63.3 Å². The number of hydrogen-bond acceptors (Lipinski definition) is 7. The van der Waals surface area contributed by atoms with E-state index in [-0.39, 0.29) is 24.5 Å². The van der Waals surface area contributed by atoms with Gasteiger partial charge in [-0.25, -0.2) is 0 Å². The van der Waals surface area contributed by atoms with Crippen LogP contribution in [-0.4, -0.2) is 69.5 Å². The van der Waals surface area contributed by atoms with Gasteiger partial charge in [0.1, 0.15) is 0 Å². The Bertz CT molecular complexity index is 938. The van der Waals surface area contributed by atoms with Gasteiger partial charge in [-0.15, -0.1) is 11.3 Å². The van der Waals surface area contributed by atoms with Crippen molar-refractivity contribution < 1.29 is 23.7 Å². The molecule has 196 valence electrons. The Morgan fingerprint density at radius 1 is 1.08 bits per heavy atom. The second kappa shape index (κ2) is 13.2. The fraction of sp³-hybridized carbons (Fsp3) is 0.586. The Morgan fingerprint density at radius 3 is 2.72 bits per heavy atom. The summed E-state index contributed by atoms with van der Waals surface area (Å²) in [6.45, 7) is 4.80. The summed E-state index contributed by atoms with van der Waals surface area (Å²) in [7, 11) is 1.70. The predicted octanol–water partition coefficient (Wildman–Crippen LogP) is 5.48. The van der Waals surface area contributed by atoms with E-state index in [1.807, 2.05) is 0 Å². The molecule has 2 aliphatic heterocycles. The lowest BCUT2D eigenvalue weighted by atomic mass is 9.95. The van der Waals surface area contributed by atoms with Crippen molar-refractivity contribution in [3.05, 3.63) is 59.7 Å². The largest absolute Gasteiger partial charge is 0.505 e. The minimum absolute atomic E-state index is 0.0829. The van der Waals surface area contributed by atoms with Gasteiger partial charge in [0.05, 0.1) is 45.4 Å². The van der Waals surface area contributed by atoms with Crippen LogP contribution in [0.25, 0.3) is 10.4 Å². The molecule has 1 aromatic carbocycles. The van der Waals surface area contributed by atoms with Gasteiger partial charge in [0.25, 0.3) is 0 Å². The monoisotopic (exact) mass is 513 g/mol. The van der Waals surface area contributed by atoms with Crippen LogP contribution < -0.4 is 0 Å². The maximum Gasteiger partial charge on any atom is 0.158 e. The summed E-state index contributed by atoms with van der Waals surface area (Å²) in [6, 6.07) is 13.1. The molecule has 2 saturated heterocycles. The maximum absolute atomic E-state index is 6.68. The van der Waals surface area contributed by atoms with Gasteiger partial charge in [-0.2, -0.15) is 0 Å². The van der Waals surface area contributed by atoms with Gasteiger partial charge < -0.3 is 23.7 Å². The number of benzene rings is 1. The third-order valence-electron chi connectivity index (χ3n) is 7.51. The molecule has 5 atom stereocenters. The van der Waals surface area contributed by atoms with Gasteiger partial charge in [-0.3, -0.25) is 4.90 Å². The number of morpholine rings is 1. The maximum atomic E-state index is 6.68. The molecule has 5 rings (SSSR count). The van der Waals surface area contributed by atoms with Crippen molar-refractivity contribution in [3.63, 3.8) is 0 Å². The van der Waals surface area contributed by atoms with Crippen molar-refractivity contribution in [1.29, 1.82) is 0 Å². The third-order valence-corrected chi connectivity index (χ3v) is 8.54. The van der Waals surface area contributed by atoms with E-state index in [2.05, 4.69) is 52.8 Å². The molecule has 3 heterocycles. The lowest BCUT2D eigenvalue weighted by Gasteiger charge is -2.39. The highest BCUT2D eigenvalue weighted by molar-refractivity contribution is 7.13. The molecule has 1 saturated carbocycles. The van der Waals surface area contributed by atoms with Crippen molar-refractivity contribution in [2.24, 2.45) is 5.92 Å². The Labute approximate surface area is 219 Å². The van der Waals surface area contributed by atoms with Crippen LogP contribution in [0, 0.1) is 5.92 Å². The smallest absolute Gasteiger partial charge is 0.158 e. The average molecular weight is 514 g/mol. The van der Waals surface area contributed by atoms with E-state index in [1.54, 1.807) is 24.7 Å². The topological polar surface area (TPSA) is 49.4 Å². The molecular weight excluding hydrogens is 474 g/mol. The van der Waals surface area contributed by atoms with Crippen molar-refractivity contribution in [2.75, 3.05) is 40.0 Å². The number of ether oxygens (including phenoxy) is 5. The summed E-state index contributed by atoms with van der Waals surface area (Å²) in [6.07, 6.45) is 9.04. The molecule has 7 heteroatoms. The van der Waals surface area contributed by atoms with E-state index in [9.17, 15) is 0 Å². The van der Waals surface area contributed by atoms with Crippen LogP contribution in [0.4, 0.5) is 0 Å². The van der Waals surface area contributed by atoms with Crippen molar-refractivity contribution in [3.8, 4) is 10.4 Å². The van der Waals surface area contributed by atoms with Gasteiger partial charge in [0.15, 0.2) is 6.29 Å². The van der Waals surface area contributed by atoms with E-state index in [4.69, 9.17) is 23.7 Å². The van der Waals surface area contributed by atoms with Gasteiger partial charge in [0, 0.05) is 43.0 Å². The van der Waals surface area contributed by atoms with Crippen LogP contribution in [0.15, 0.2) is 54.1 Å². The number of thiophene rings is 1. The molecular formula is C29H39NO5S. The standard InChI is InChI=1S/C29H39NO5S/c1-31-14-7-10-24-25(34-20-22-18-27(36-21-22)23-8-3-2-4-9-23)19-26(35-28-11-5-6-15-33-28)29(24)30-12-16-32-17-13-30/h2-4,7-9,14,18,21,24-26,28-29H,5-6,10-13,15-17,19-20H2,1H3/t24-,25-,26+,28?,29+/m0/s1. The molecule has 6 nitrogen and oxygen atoms in total. The number of methoxy groups -OCH3 is 1. The minimum atomic E-state index is -0.105. The van der Waals surface area contributed by atoms with Gasteiger partial charge >= 0.3 is 0 Å². The summed E-state index contributed by atoms with van der Waals surface area (Å²) in [5.74, 6) is 0.315. The molecule has 1 aromatic heterocycles. The van der Waals surface area contributed by atoms with Gasteiger partial charge in [0.2, 0.25) is 0 Å². The molecule has 0 amide bonds. The first kappa shape index (κ1) is 25.9. The van der Waals surface area contributed by atoms with Crippen molar-refractivity contribution >= 4 is 11.3 Å². The fourth-order valence-corrected chi connectivity index (χ4v) is 6.68. The Kier molecular flexibility index (Phi) is 9.47. The number of nitrogens with zero attached hydrogens (tertiary/aromatic N) is 1. The average Bonchev–Trinajstić information content (AvgIpc) is 3.54. The van der Waals surface area contributed by atoms with E-state index < -0.39 is 0 Å². The quantitative estimate of drug-likeness (QED) is 0.392. The van der Waals surface area contributed by atoms with Gasteiger partial charge in [-0.1, -0.05) is 30.3 Å². The number of hydrogen-bond donors (Lipinski definition) is 0. The second-order valence-corrected chi connectivity index (χ2v) is 10.8. The zero-order valence-corrected chi connectivity index (χ0v) is 22.1. The zero-order chi connectivity index (χ0) is 24.6.